The Morgan fingerprint density at radius 2 is 2.14 bits per heavy atom. The van der Waals surface area contributed by atoms with E-state index < -0.39 is 0 Å². The topological polar surface area (TPSA) is 59.8 Å². The molecule has 3 rings (SSSR count). The molecule has 0 fully saturated rings. The van der Waals surface area contributed by atoms with Crippen molar-refractivity contribution in [3.8, 4) is 0 Å². The van der Waals surface area contributed by atoms with E-state index in [0.717, 1.165) is 30.5 Å². The maximum atomic E-state index is 12.1. The molecule has 0 spiro atoms. The first-order valence-corrected chi connectivity index (χ1v) is 7.18. The molecule has 1 atom stereocenters. The van der Waals surface area contributed by atoms with Crippen LogP contribution in [0.3, 0.4) is 0 Å². The number of rotatable bonds is 4. The van der Waals surface area contributed by atoms with Crippen molar-refractivity contribution in [3.05, 3.63) is 54.6 Å². The highest BCUT2D eigenvalue weighted by atomic mass is 16.1. The summed E-state index contributed by atoms with van der Waals surface area (Å²) in [7, 11) is 0. The zero-order chi connectivity index (χ0) is 14.5. The first-order chi connectivity index (χ1) is 10.3. The molecule has 1 amide bonds. The zero-order valence-electron chi connectivity index (χ0n) is 11.8. The van der Waals surface area contributed by atoms with Crippen LogP contribution in [0, 0.1) is 5.92 Å². The lowest BCUT2D eigenvalue weighted by molar-refractivity contribution is -0.120. The van der Waals surface area contributed by atoms with Crippen LogP contribution in [-0.4, -0.2) is 20.7 Å². The molecule has 5 heteroatoms. The first-order valence-electron chi connectivity index (χ1n) is 7.18. The van der Waals surface area contributed by atoms with Crippen LogP contribution in [-0.2, 0) is 11.3 Å². The SMILES string of the molecule is O=C(Nc1ccc(Cn2cncn2)cc1)C1CC=CCC1. The van der Waals surface area contributed by atoms with Crippen molar-refractivity contribution in [1.29, 1.82) is 0 Å². The minimum absolute atomic E-state index is 0.102. The molecule has 0 bridgehead atoms. The summed E-state index contributed by atoms with van der Waals surface area (Å²) in [5, 5.41) is 7.06. The van der Waals surface area contributed by atoms with Crippen molar-refractivity contribution >= 4 is 11.6 Å². The minimum Gasteiger partial charge on any atom is -0.326 e. The van der Waals surface area contributed by atoms with Crippen molar-refractivity contribution < 1.29 is 4.79 Å². The number of hydrogen-bond donors (Lipinski definition) is 1. The Balaban J connectivity index is 1.59. The van der Waals surface area contributed by atoms with Crippen molar-refractivity contribution in [3.63, 3.8) is 0 Å². The lowest BCUT2D eigenvalue weighted by Gasteiger charge is -2.17. The molecular formula is C16H18N4O. The third kappa shape index (κ3) is 3.56. The van der Waals surface area contributed by atoms with Crippen LogP contribution in [0.2, 0.25) is 0 Å². The summed E-state index contributed by atoms with van der Waals surface area (Å²) >= 11 is 0. The van der Waals surface area contributed by atoms with E-state index in [9.17, 15) is 4.79 Å². The lowest BCUT2D eigenvalue weighted by atomic mass is 9.93. The van der Waals surface area contributed by atoms with E-state index in [1.807, 2.05) is 24.3 Å². The molecular weight excluding hydrogens is 264 g/mol. The second kappa shape index (κ2) is 6.35. The molecule has 0 aliphatic heterocycles. The molecule has 5 nitrogen and oxygen atoms in total. The third-order valence-corrected chi connectivity index (χ3v) is 3.67. The highest BCUT2D eigenvalue weighted by Gasteiger charge is 2.18. The second-order valence-corrected chi connectivity index (χ2v) is 5.26. The molecule has 1 aromatic carbocycles. The molecule has 0 saturated carbocycles. The van der Waals surface area contributed by atoms with Crippen LogP contribution < -0.4 is 5.32 Å². The van der Waals surface area contributed by atoms with Gasteiger partial charge in [-0.2, -0.15) is 5.10 Å². The number of nitrogens with one attached hydrogen (secondary N) is 1. The Kier molecular flexibility index (Phi) is 4.09. The van der Waals surface area contributed by atoms with Gasteiger partial charge in [-0.1, -0.05) is 24.3 Å². The summed E-state index contributed by atoms with van der Waals surface area (Å²) in [6.45, 7) is 0.682. The van der Waals surface area contributed by atoms with Crippen molar-refractivity contribution in [2.45, 2.75) is 25.8 Å². The number of carbonyl (C=O) groups excluding carboxylic acids is 1. The smallest absolute Gasteiger partial charge is 0.227 e. The molecule has 0 radical (unpaired) electrons. The summed E-state index contributed by atoms with van der Waals surface area (Å²) in [6, 6.07) is 7.86. The van der Waals surface area contributed by atoms with Crippen molar-refractivity contribution in [2.24, 2.45) is 5.92 Å². The van der Waals surface area contributed by atoms with Crippen LogP contribution in [0.1, 0.15) is 24.8 Å². The van der Waals surface area contributed by atoms with Crippen LogP contribution in [0.15, 0.2) is 49.1 Å². The fourth-order valence-electron chi connectivity index (χ4n) is 2.47. The fraction of sp³-hybridized carbons (Fsp3) is 0.312. The number of anilines is 1. The maximum absolute atomic E-state index is 12.1. The molecule has 108 valence electrons. The second-order valence-electron chi connectivity index (χ2n) is 5.26. The van der Waals surface area contributed by atoms with E-state index in [0.29, 0.717) is 6.54 Å². The molecule has 1 N–H and O–H groups in total. The average Bonchev–Trinajstić information content (AvgIpc) is 3.03. The summed E-state index contributed by atoms with van der Waals surface area (Å²) in [5.74, 6) is 0.216. The number of aromatic nitrogens is 3. The summed E-state index contributed by atoms with van der Waals surface area (Å²) in [4.78, 5) is 16.1. The van der Waals surface area contributed by atoms with E-state index in [1.165, 1.54) is 6.33 Å². The third-order valence-electron chi connectivity index (χ3n) is 3.67. The molecule has 1 aliphatic rings. The van der Waals surface area contributed by atoms with Gasteiger partial charge in [0.25, 0.3) is 0 Å². The Morgan fingerprint density at radius 3 is 2.81 bits per heavy atom. The van der Waals surface area contributed by atoms with Gasteiger partial charge in [0.05, 0.1) is 6.54 Å². The van der Waals surface area contributed by atoms with Gasteiger partial charge in [-0.05, 0) is 37.0 Å². The van der Waals surface area contributed by atoms with Gasteiger partial charge in [0.2, 0.25) is 5.91 Å². The monoisotopic (exact) mass is 282 g/mol. The number of hydrogen-bond acceptors (Lipinski definition) is 3. The van der Waals surface area contributed by atoms with E-state index in [2.05, 4.69) is 27.6 Å². The Bertz CT molecular complexity index is 616. The largest absolute Gasteiger partial charge is 0.326 e. The van der Waals surface area contributed by atoms with E-state index >= 15 is 0 Å². The van der Waals surface area contributed by atoms with Gasteiger partial charge in [0.1, 0.15) is 12.7 Å². The Labute approximate surface area is 123 Å². The molecule has 1 heterocycles. The van der Waals surface area contributed by atoms with Crippen LogP contribution in [0.25, 0.3) is 0 Å². The van der Waals surface area contributed by atoms with Gasteiger partial charge in [-0.3, -0.25) is 4.79 Å². The van der Waals surface area contributed by atoms with Crippen molar-refractivity contribution in [2.75, 3.05) is 5.32 Å². The molecule has 21 heavy (non-hydrogen) atoms. The number of amides is 1. The fourth-order valence-corrected chi connectivity index (χ4v) is 2.47. The van der Waals surface area contributed by atoms with Gasteiger partial charge >= 0.3 is 0 Å². The number of carbonyl (C=O) groups is 1. The maximum Gasteiger partial charge on any atom is 0.227 e. The average molecular weight is 282 g/mol. The quantitative estimate of drug-likeness (QED) is 0.877. The summed E-state index contributed by atoms with van der Waals surface area (Å²) in [6.07, 6.45) is 10.2. The predicted molar refractivity (Wildman–Crippen MR) is 80.7 cm³/mol. The number of nitrogens with zero attached hydrogens (tertiary/aromatic N) is 3. The van der Waals surface area contributed by atoms with Gasteiger partial charge < -0.3 is 5.32 Å². The zero-order valence-corrected chi connectivity index (χ0v) is 11.8. The highest BCUT2D eigenvalue weighted by Crippen LogP contribution is 2.20. The summed E-state index contributed by atoms with van der Waals surface area (Å²) < 4.78 is 1.77. The predicted octanol–water partition coefficient (Wildman–Crippen LogP) is 2.62. The highest BCUT2D eigenvalue weighted by molar-refractivity contribution is 5.92. The molecule has 1 unspecified atom stereocenters. The van der Waals surface area contributed by atoms with Crippen molar-refractivity contribution in [1.82, 2.24) is 14.8 Å². The molecule has 2 aromatic rings. The van der Waals surface area contributed by atoms with Gasteiger partial charge in [0.15, 0.2) is 0 Å². The standard InChI is InChI=1S/C16H18N4O/c21-16(14-4-2-1-3-5-14)19-15-8-6-13(7-9-15)10-20-12-17-11-18-20/h1-2,6-9,11-12,14H,3-5,10H2,(H,19,21). The van der Waals surface area contributed by atoms with Crippen LogP contribution in [0.5, 0.6) is 0 Å². The molecule has 0 saturated heterocycles. The van der Waals surface area contributed by atoms with E-state index in [4.69, 9.17) is 0 Å². The van der Waals surface area contributed by atoms with Crippen LogP contribution >= 0.6 is 0 Å². The molecule has 1 aromatic heterocycles. The van der Waals surface area contributed by atoms with E-state index in [-0.39, 0.29) is 11.8 Å². The lowest BCUT2D eigenvalue weighted by Crippen LogP contribution is -2.23. The number of benzene rings is 1. The number of allylic oxidation sites excluding steroid dienone is 2. The van der Waals surface area contributed by atoms with E-state index in [1.54, 1.807) is 11.0 Å². The van der Waals surface area contributed by atoms with Gasteiger partial charge in [-0.25, -0.2) is 9.67 Å². The minimum atomic E-state index is 0.102. The normalized spacial score (nSPS) is 17.6. The Morgan fingerprint density at radius 1 is 1.29 bits per heavy atom. The molecule has 1 aliphatic carbocycles. The Hall–Kier alpha value is -2.43. The summed E-state index contributed by atoms with van der Waals surface area (Å²) in [5.41, 5.74) is 1.97. The van der Waals surface area contributed by atoms with Gasteiger partial charge in [-0.15, -0.1) is 0 Å². The first kappa shape index (κ1) is 13.5. The van der Waals surface area contributed by atoms with Gasteiger partial charge in [0, 0.05) is 11.6 Å². The van der Waals surface area contributed by atoms with Crippen LogP contribution in [0.4, 0.5) is 5.69 Å².